The first-order chi connectivity index (χ1) is 6.46. The number of ketones is 2. The first kappa shape index (κ1) is 15.7. The molecule has 1 heterocycles. The largest absolute Gasteiger partial charge is 0.377 e. The molecular weight excluding hydrogens is 184 g/mol. The smallest absolute Gasteiger partial charge is 0.126 e. The summed E-state index contributed by atoms with van der Waals surface area (Å²) in [4.78, 5) is 18.9. The Morgan fingerprint density at radius 2 is 0.857 bits per heavy atom. The summed E-state index contributed by atoms with van der Waals surface area (Å²) in [6, 6.07) is 0. The third-order valence-electron chi connectivity index (χ3n) is 0.744. The van der Waals surface area contributed by atoms with Gasteiger partial charge in [-0.2, -0.15) is 0 Å². The molecule has 0 radical (unpaired) electrons. The molecule has 0 aromatic rings. The monoisotopic (exact) mass is 204 g/mol. The summed E-state index contributed by atoms with van der Waals surface area (Å²) in [5, 5.41) is 0. The zero-order chi connectivity index (χ0) is 11.4. The van der Waals surface area contributed by atoms with Gasteiger partial charge in [-0.25, -0.2) is 0 Å². The molecule has 1 fully saturated rings. The van der Waals surface area contributed by atoms with Crippen molar-refractivity contribution in [3.63, 3.8) is 0 Å². The quantitative estimate of drug-likeness (QED) is 0.595. The fourth-order valence-corrected chi connectivity index (χ4v) is 0.440. The predicted octanol–water partition coefficient (Wildman–Crippen LogP) is 1.22. The van der Waals surface area contributed by atoms with Gasteiger partial charge in [-0.05, 0) is 27.7 Å². The minimum atomic E-state index is 0.167. The van der Waals surface area contributed by atoms with E-state index in [1.807, 2.05) is 0 Å². The maximum Gasteiger partial charge on any atom is 0.126 e. The Bertz CT molecular complexity index is 119. The molecule has 1 saturated heterocycles. The van der Waals surface area contributed by atoms with Crippen LogP contribution in [-0.2, 0) is 19.1 Å². The summed E-state index contributed by atoms with van der Waals surface area (Å²) in [7, 11) is 0. The van der Waals surface area contributed by atoms with Crippen LogP contribution < -0.4 is 0 Å². The van der Waals surface area contributed by atoms with Crippen LogP contribution in [0, 0.1) is 0 Å². The van der Waals surface area contributed by atoms with Gasteiger partial charge in [0.25, 0.3) is 0 Å². The average molecular weight is 204 g/mol. The zero-order valence-corrected chi connectivity index (χ0v) is 9.46. The first-order valence-electron chi connectivity index (χ1n) is 4.56. The van der Waals surface area contributed by atoms with Crippen molar-refractivity contribution in [1.29, 1.82) is 0 Å². The lowest BCUT2D eigenvalue weighted by Gasteiger charge is -2.09. The predicted molar refractivity (Wildman–Crippen MR) is 54.3 cm³/mol. The third kappa shape index (κ3) is 42.8. The van der Waals surface area contributed by atoms with Gasteiger partial charge in [0.2, 0.25) is 0 Å². The molecule has 0 unspecified atom stereocenters. The lowest BCUT2D eigenvalue weighted by Crippen LogP contribution is -2.16. The van der Waals surface area contributed by atoms with E-state index in [-0.39, 0.29) is 11.6 Å². The average Bonchev–Trinajstić information content (AvgIpc) is 2.05. The molecule has 1 rings (SSSR count). The Hall–Kier alpha value is -0.740. The standard InChI is InChI=1S/C4H8O2.2C3H6O/c1-2-6-4-3-5-1;2*1-3(2)4/h1-4H2;2*1-2H3. The lowest BCUT2D eigenvalue weighted by molar-refractivity contribution is -0.115. The summed E-state index contributed by atoms with van der Waals surface area (Å²) in [6.45, 7) is 9.22. The van der Waals surface area contributed by atoms with Crippen LogP contribution in [-0.4, -0.2) is 38.0 Å². The van der Waals surface area contributed by atoms with E-state index in [9.17, 15) is 9.59 Å². The lowest BCUT2D eigenvalue weighted by atomic mass is 10.6. The molecule has 1 aliphatic heterocycles. The Morgan fingerprint density at radius 3 is 0.929 bits per heavy atom. The van der Waals surface area contributed by atoms with Crippen molar-refractivity contribution in [2.24, 2.45) is 0 Å². The molecule has 0 N–H and O–H groups in total. The van der Waals surface area contributed by atoms with Crippen LogP contribution >= 0.6 is 0 Å². The van der Waals surface area contributed by atoms with E-state index in [0.29, 0.717) is 0 Å². The number of hydrogen-bond donors (Lipinski definition) is 0. The van der Waals surface area contributed by atoms with Gasteiger partial charge in [-0.15, -0.1) is 0 Å². The van der Waals surface area contributed by atoms with Crippen LogP contribution in [0.25, 0.3) is 0 Å². The van der Waals surface area contributed by atoms with Crippen molar-refractivity contribution in [2.75, 3.05) is 26.4 Å². The maximum absolute atomic E-state index is 9.44. The minimum Gasteiger partial charge on any atom is -0.377 e. The van der Waals surface area contributed by atoms with E-state index in [1.165, 1.54) is 27.7 Å². The van der Waals surface area contributed by atoms with Crippen molar-refractivity contribution in [3.8, 4) is 0 Å². The second-order valence-corrected chi connectivity index (χ2v) is 3.04. The molecular formula is C10H20O4. The van der Waals surface area contributed by atoms with E-state index in [0.717, 1.165) is 26.4 Å². The molecule has 14 heavy (non-hydrogen) atoms. The number of ether oxygens (including phenoxy) is 2. The van der Waals surface area contributed by atoms with Crippen LogP contribution in [0.1, 0.15) is 27.7 Å². The van der Waals surface area contributed by atoms with Crippen molar-refractivity contribution >= 4 is 11.6 Å². The zero-order valence-electron chi connectivity index (χ0n) is 9.46. The van der Waals surface area contributed by atoms with Crippen molar-refractivity contribution in [2.45, 2.75) is 27.7 Å². The number of carbonyl (C=O) groups excluding carboxylic acids is 2. The second kappa shape index (κ2) is 12.3. The Labute approximate surface area is 85.6 Å². The summed E-state index contributed by atoms with van der Waals surface area (Å²) < 4.78 is 9.89. The number of Topliss-reactive ketones (excluding diaryl/α,β-unsaturated/α-hetero) is 2. The van der Waals surface area contributed by atoms with Gasteiger partial charge >= 0.3 is 0 Å². The molecule has 4 heteroatoms. The van der Waals surface area contributed by atoms with Crippen LogP contribution in [0.2, 0.25) is 0 Å². The summed E-state index contributed by atoms with van der Waals surface area (Å²) in [5.74, 6) is 0.333. The van der Waals surface area contributed by atoms with Gasteiger partial charge in [0.05, 0.1) is 26.4 Å². The van der Waals surface area contributed by atoms with Crippen molar-refractivity contribution in [3.05, 3.63) is 0 Å². The van der Waals surface area contributed by atoms with E-state index in [1.54, 1.807) is 0 Å². The molecule has 0 spiro atoms. The van der Waals surface area contributed by atoms with Gasteiger partial charge in [0.15, 0.2) is 0 Å². The first-order valence-corrected chi connectivity index (χ1v) is 4.56. The van der Waals surface area contributed by atoms with Crippen LogP contribution in [0.3, 0.4) is 0 Å². The van der Waals surface area contributed by atoms with Gasteiger partial charge in [0.1, 0.15) is 11.6 Å². The highest BCUT2D eigenvalue weighted by Gasteiger charge is 1.94. The highest BCUT2D eigenvalue weighted by Crippen LogP contribution is 1.85. The van der Waals surface area contributed by atoms with Crippen molar-refractivity contribution < 1.29 is 19.1 Å². The van der Waals surface area contributed by atoms with Crippen LogP contribution in [0.4, 0.5) is 0 Å². The number of rotatable bonds is 0. The van der Waals surface area contributed by atoms with E-state index >= 15 is 0 Å². The Balaban J connectivity index is 0. The fraction of sp³-hybridized carbons (Fsp3) is 0.800. The van der Waals surface area contributed by atoms with E-state index in [4.69, 9.17) is 9.47 Å². The Morgan fingerprint density at radius 1 is 0.714 bits per heavy atom. The third-order valence-corrected chi connectivity index (χ3v) is 0.744. The highest BCUT2D eigenvalue weighted by molar-refractivity contribution is 5.72. The number of carbonyl (C=O) groups is 2. The second-order valence-electron chi connectivity index (χ2n) is 3.04. The van der Waals surface area contributed by atoms with Crippen molar-refractivity contribution in [1.82, 2.24) is 0 Å². The summed E-state index contributed by atoms with van der Waals surface area (Å²) in [5.41, 5.74) is 0. The van der Waals surface area contributed by atoms with Gasteiger partial charge < -0.3 is 19.1 Å². The summed E-state index contributed by atoms with van der Waals surface area (Å²) >= 11 is 0. The highest BCUT2D eigenvalue weighted by atomic mass is 16.6. The number of hydrogen-bond acceptors (Lipinski definition) is 4. The molecule has 0 aliphatic carbocycles. The molecule has 84 valence electrons. The van der Waals surface area contributed by atoms with E-state index in [2.05, 4.69) is 0 Å². The minimum absolute atomic E-state index is 0.167. The van der Waals surface area contributed by atoms with Crippen LogP contribution in [0.15, 0.2) is 0 Å². The van der Waals surface area contributed by atoms with Crippen LogP contribution in [0.5, 0.6) is 0 Å². The molecule has 0 aromatic heterocycles. The molecule has 1 aliphatic rings. The maximum atomic E-state index is 9.44. The van der Waals surface area contributed by atoms with Gasteiger partial charge in [0, 0.05) is 0 Å². The normalized spacial score (nSPS) is 14.0. The molecule has 4 nitrogen and oxygen atoms in total. The molecule has 0 aromatic carbocycles. The molecule has 0 amide bonds. The fourth-order valence-electron chi connectivity index (χ4n) is 0.440. The topological polar surface area (TPSA) is 52.6 Å². The Kier molecular flexibility index (Phi) is 13.8. The molecule has 0 atom stereocenters. The van der Waals surface area contributed by atoms with Gasteiger partial charge in [-0.1, -0.05) is 0 Å². The SMILES string of the molecule is C1COCCO1.CC(C)=O.CC(C)=O. The van der Waals surface area contributed by atoms with E-state index < -0.39 is 0 Å². The molecule has 0 bridgehead atoms. The molecule has 0 saturated carbocycles. The van der Waals surface area contributed by atoms with Gasteiger partial charge in [-0.3, -0.25) is 0 Å². The summed E-state index contributed by atoms with van der Waals surface area (Å²) in [6.07, 6.45) is 0.